The van der Waals surface area contributed by atoms with Crippen molar-refractivity contribution in [2.75, 3.05) is 6.54 Å². The molecule has 0 fully saturated rings. The summed E-state index contributed by atoms with van der Waals surface area (Å²) in [4.78, 5) is 10.4. The maximum absolute atomic E-state index is 11.5. The second-order valence-electron chi connectivity index (χ2n) is 4.28. The van der Waals surface area contributed by atoms with Crippen LogP contribution in [0.2, 0.25) is 0 Å². The largest absolute Gasteiger partial charge is 0.481 e. The Balaban J connectivity index is 4.28. The third kappa shape index (κ3) is 7.61. The van der Waals surface area contributed by atoms with Crippen molar-refractivity contribution in [2.24, 2.45) is 0 Å². The van der Waals surface area contributed by atoms with E-state index in [1.54, 1.807) is 13.8 Å². The number of hydrogen-bond donors (Lipinski definition) is 3. The maximum atomic E-state index is 11.5. The van der Waals surface area contributed by atoms with Crippen LogP contribution in [0.3, 0.4) is 0 Å². The van der Waals surface area contributed by atoms with Gasteiger partial charge in [0.15, 0.2) is 0 Å². The van der Waals surface area contributed by atoms with Gasteiger partial charge in [0.25, 0.3) is 10.2 Å². The Morgan fingerprint density at radius 2 is 1.94 bits per heavy atom. The van der Waals surface area contributed by atoms with Crippen molar-refractivity contribution in [2.45, 2.75) is 45.6 Å². The highest BCUT2D eigenvalue weighted by atomic mass is 32.2. The van der Waals surface area contributed by atoms with E-state index in [1.165, 1.54) is 0 Å². The molecule has 0 amide bonds. The van der Waals surface area contributed by atoms with Gasteiger partial charge in [-0.1, -0.05) is 6.92 Å². The lowest BCUT2D eigenvalue weighted by atomic mass is 10.0. The fourth-order valence-electron chi connectivity index (χ4n) is 1.11. The van der Waals surface area contributed by atoms with E-state index in [9.17, 15) is 13.2 Å². The lowest BCUT2D eigenvalue weighted by Crippen LogP contribution is -2.49. The number of hydrogen-bond acceptors (Lipinski definition) is 3. The zero-order chi connectivity index (χ0) is 12.8. The first-order valence-corrected chi connectivity index (χ1v) is 6.67. The van der Waals surface area contributed by atoms with E-state index in [1.807, 2.05) is 6.92 Å². The smallest absolute Gasteiger partial charge is 0.303 e. The van der Waals surface area contributed by atoms with Crippen molar-refractivity contribution in [1.82, 2.24) is 9.44 Å². The third-order valence-electron chi connectivity index (χ3n) is 1.92. The van der Waals surface area contributed by atoms with Gasteiger partial charge in [0.1, 0.15) is 0 Å². The molecule has 0 saturated carbocycles. The quantitative estimate of drug-likeness (QED) is 0.585. The lowest BCUT2D eigenvalue weighted by Gasteiger charge is -2.25. The van der Waals surface area contributed by atoms with Crippen LogP contribution < -0.4 is 9.44 Å². The predicted molar refractivity (Wildman–Crippen MR) is 61.3 cm³/mol. The van der Waals surface area contributed by atoms with Gasteiger partial charge >= 0.3 is 5.97 Å². The minimum Gasteiger partial charge on any atom is -0.481 e. The number of carbonyl (C=O) groups is 1. The number of carboxylic acid groups (broad SMARTS) is 1. The summed E-state index contributed by atoms with van der Waals surface area (Å²) in [6, 6.07) is 0. The maximum Gasteiger partial charge on any atom is 0.303 e. The Labute approximate surface area is 96.6 Å². The highest BCUT2D eigenvalue weighted by molar-refractivity contribution is 7.87. The molecular weight excluding hydrogens is 232 g/mol. The van der Waals surface area contributed by atoms with E-state index >= 15 is 0 Å². The molecular formula is C9H20N2O4S. The van der Waals surface area contributed by atoms with Crippen LogP contribution >= 0.6 is 0 Å². The first-order valence-electron chi connectivity index (χ1n) is 5.19. The lowest BCUT2D eigenvalue weighted by molar-refractivity contribution is -0.137. The topological polar surface area (TPSA) is 95.5 Å². The molecule has 0 aliphatic heterocycles. The summed E-state index contributed by atoms with van der Waals surface area (Å²) in [5.74, 6) is -0.936. The SMILES string of the molecule is CCCNS(=O)(=O)NC(C)(C)CCC(=O)O. The molecule has 0 radical (unpaired) electrons. The first kappa shape index (κ1) is 15.3. The fourth-order valence-corrected chi connectivity index (χ4v) is 2.48. The molecule has 0 saturated heterocycles. The molecule has 0 aromatic rings. The van der Waals surface area contributed by atoms with Crippen LogP contribution in [-0.4, -0.2) is 31.6 Å². The molecule has 0 atom stereocenters. The highest BCUT2D eigenvalue weighted by Gasteiger charge is 2.24. The van der Waals surface area contributed by atoms with Crippen molar-refractivity contribution in [3.05, 3.63) is 0 Å². The van der Waals surface area contributed by atoms with Crippen molar-refractivity contribution in [3.63, 3.8) is 0 Å². The van der Waals surface area contributed by atoms with Gasteiger partial charge in [0.05, 0.1) is 0 Å². The molecule has 96 valence electrons. The van der Waals surface area contributed by atoms with E-state index < -0.39 is 21.7 Å². The van der Waals surface area contributed by atoms with Gasteiger partial charge in [-0.3, -0.25) is 4.79 Å². The molecule has 7 heteroatoms. The van der Waals surface area contributed by atoms with Gasteiger partial charge in [-0.25, -0.2) is 4.72 Å². The van der Waals surface area contributed by atoms with E-state index in [0.29, 0.717) is 13.0 Å². The Kier molecular flexibility index (Phi) is 5.91. The van der Waals surface area contributed by atoms with Crippen LogP contribution in [0.15, 0.2) is 0 Å². The van der Waals surface area contributed by atoms with Gasteiger partial charge in [-0.15, -0.1) is 0 Å². The first-order chi connectivity index (χ1) is 7.18. The molecule has 16 heavy (non-hydrogen) atoms. The average Bonchev–Trinajstić information content (AvgIpc) is 2.10. The molecule has 0 aliphatic carbocycles. The van der Waals surface area contributed by atoms with Crippen molar-refractivity contribution in [3.8, 4) is 0 Å². The average molecular weight is 252 g/mol. The minimum atomic E-state index is -3.54. The van der Waals surface area contributed by atoms with Crippen molar-refractivity contribution < 1.29 is 18.3 Å². The van der Waals surface area contributed by atoms with E-state index in [2.05, 4.69) is 9.44 Å². The Morgan fingerprint density at radius 1 is 1.38 bits per heavy atom. The molecule has 0 aromatic heterocycles. The molecule has 3 N–H and O–H groups in total. The molecule has 0 aliphatic rings. The number of nitrogens with one attached hydrogen (secondary N) is 2. The third-order valence-corrected chi connectivity index (χ3v) is 3.32. The van der Waals surface area contributed by atoms with E-state index in [0.717, 1.165) is 0 Å². The monoisotopic (exact) mass is 252 g/mol. The second-order valence-corrected chi connectivity index (χ2v) is 5.78. The van der Waals surface area contributed by atoms with E-state index in [4.69, 9.17) is 5.11 Å². The molecule has 0 rings (SSSR count). The Morgan fingerprint density at radius 3 is 2.38 bits per heavy atom. The highest BCUT2D eigenvalue weighted by Crippen LogP contribution is 2.12. The van der Waals surface area contributed by atoms with Crippen molar-refractivity contribution in [1.29, 1.82) is 0 Å². The van der Waals surface area contributed by atoms with E-state index in [-0.39, 0.29) is 12.8 Å². The number of aliphatic carboxylic acids is 1. The summed E-state index contributed by atoms with van der Waals surface area (Å²) in [6.07, 6.45) is 0.884. The fraction of sp³-hybridized carbons (Fsp3) is 0.889. The van der Waals surface area contributed by atoms with Crippen LogP contribution in [0.1, 0.15) is 40.0 Å². The summed E-state index contributed by atoms with van der Waals surface area (Å²) >= 11 is 0. The van der Waals surface area contributed by atoms with Crippen LogP contribution in [0.5, 0.6) is 0 Å². The van der Waals surface area contributed by atoms with Gasteiger partial charge in [-0.2, -0.15) is 13.1 Å². The van der Waals surface area contributed by atoms with Crippen LogP contribution in [-0.2, 0) is 15.0 Å². The summed E-state index contributed by atoms with van der Waals surface area (Å²) < 4.78 is 27.7. The van der Waals surface area contributed by atoms with Crippen LogP contribution in [0, 0.1) is 0 Å². The normalized spacial score (nSPS) is 12.7. The Hall–Kier alpha value is -0.660. The van der Waals surface area contributed by atoms with Crippen LogP contribution in [0.4, 0.5) is 0 Å². The minimum absolute atomic E-state index is 0.0662. The van der Waals surface area contributed by atoms with Gasteiger partial charge < -0.3 is 5.11 Å². The molecule has 6 nitrogen and oxygen atoms in total. The van der Waals surface area contributed by atoms with Crippen molar-refractivity contribution >= 4 is 16.2 Å². The molecule has 0 bridgehead atoms. The predicted octanol–water partition coefficient (Wildman–Crippen LogP) is 0.464. The van der Waals surface area contributed by atoms with Gasteiger partial charge in [-0.05, 0) is 26.7 Å². The number of rotatable bonds is 8. The Bertz CT molecular complexity index is 324. The zero-order valence-electron chi connectivity index (χ0n) is 9.91. The summed E-state index contributed by atoms with van der Waals surface area (Å²) in [6.45, 7) is 5.53. The standard InChI is InChI=1S/C9H20N2O4S/c1-4-7-10-16(14,15)11-9(2,3)6-5-8(12)13/h10-11H,4-7H2,1-3H3,(H,12,13). The van der Waals surface area contributed by atoms with Gasteiger partial charge in [0.2, 0.25) is 0 Å². The summed E-state index contributed by atoms with van der Waals surface area (Å²) in [5.41, 5.74) is -0.766. The van der Waals surface area contributed by atoms with Gasteiger partial charge in [0, 0.05) is 18.5 Å². The molecule has 0 heterocycles. The molecule has 0 spiro atoms. The summed E-state index contributed by atoms with van der Waals surface area (Å²) in [7, 11) is -3.54. The van der Waals surface area contributed by atoms with Crippen LogP contribution in [0.25, 0.3) is 0 Å². The molecule has 0 unspecified atom stereocenters. The second kappa shape index (κ2) is 6.17. The number of carboxylic acids is 1. The summed E-state index contributed by atoms with van der Waals surface area (Å²) in [5, 5.41) is 8.52. The zero-order valence-corrected chi connectivity index (χ0v) is 10.7. The molecule has 0 aromatic carbocycles.